The minimum absolute atomic E-state index is 0.202. The van der Waals surface area contributed by atoms with E-state index in [0.717, 1.165) is 23.8 Å². The van der Waals surface area contributed by atoms with Crippen molar-refractivity contribution in [1.29, 1.82) is 0 Å². The number of fused-ring (bicyclic) bond motifs is 1. The van der Waals surface area contributed by atoms with Gasteiger partial charge in [0.05, 0.1) is 0 Å². The summed E-state index contributed by atoms with van der Waals surface area (Å²) in [5, 5.41) is 10.6. The number of thioether (sulfide) groups is 1. The maximum atomic E-state index is 11.9. The van der Waals surface area contributed by atoms with E-state index in [1.54, 1.807) is 22.8 Å². The number of hydrogen-bond donors (Lipinski definition) is 2. The van der Waals surface area contributed by atoms with Crippen molar-refractivity contribution in [3.63, 3.8) is 0 Å². The maximum absolute atomic E-state index is 11.9. The fourth-order valence-electron chi connectivity index (χ4n) is 2.70. The third-order valence-corrected chi connectivity index (χ3v) is 4.99. The lowest BCUT2D eigenvalue weighted by molar-refractivity contribution is -0.114. The third kappa shape index (κ3) is 4.48. The van der Waals surface area contributed by atoms with E-state index in [9.17, 15) is 14.4 Å². The summed E-state index contributed by atoms with van der Waals surface area (Å²) in [6, 6.07) is 6.62. The Bertz CT molecular complexity index is 1080. The van der Waals surface area contributed by atoms with Crippen LogP contribution in [0.5, 0.6) is 0 Å². The number of anilines is 1. The van der Waals surface area contributed by atoms with E-state index in [1.165, 1.54) is 24.8 Å². The van der Waals surface area contributed by atoms with Crippen LogP contribution in [0.2, 0.25) is 0 Å². The summed E-state index contributed by atoms with van der Waals surface area (Å²) < 4.78 is 6.87. The van der Waals surface area contributed by atoms with Crippen molar-refractivity contribution < 1.29 is 9.21 Å². The van der Waals surface area contributed by atoms with Gasteiger partial charge in [0.2, 0.25) is 5.91 Å². The molecule has 0 unspecified atom stereocenters. The van der Waals surface area contributed by atoms with Crippen molar-refractivity contribution >= 4 is 34.3 Å². The molecule has 0 aliphatic rings. The van der Waals surface area contributed by atoms with Crippen LogP contribution in [0.3, 0.4) is 0 Å². The Kier molecular flexibility index (Phi) is 5.80. The van der Waals surface area contributed by atoms with E-state index in [2.05, 4.69) is 22.4 Å². The first-order valence-corrected chi connectivity index (χ1v) is 9.59. The highest BCUT2D eigenvalue weighted by Gasteiger charge is 2.12. The number of nitrogens with zero attached hydrogens (tertiary/aromatic N) is 2. The highest BCUT2D eigenvalue weighted by Crippen LogP contribution is 2.26. The van der Waals surface area contributed by atoms with Gasteiger partial charge >= 0.3 is 11.3 Å². The summed E-state index contributed by atoms with van der Waals surface area (Å²) in [6.45, 7) is 4.07. The van der Waals surface area contributed by atoms with Crippen molar-refractivity contribution in [3.05, 3.63) is 50.7 Å². The number of rotatable bonds is 7. The number of benzene rings is 1. The number of H-pyrrole nitrogens is 1. The van der Waals surface area contributed by atoms with Gasteiger partial charge in [-0.3, -0.25) is 9.36 Å². The average molecular weight is 388 g/mol. The third-order valence-electron chi connectivity index (χ3n) is 3.97. The molecule has 1 amide bonds. The van der Waals surface area contributed by atoms with Gasteiger partial charge in [-0.1, -0.05) is 25.1 Å². The molecular formula is C18H20N4O4S. The first-order valence-electron chi connectivity index (χ1n) is 8.60. The molecule has 0 spiro atoms. The van der Waals surface area contributed by atoms with Crippen LogP contribution >= 0.6 is 11.8 Å². The number of hydrogen-bond acceptors (Lipinski definition) is 6. The predicted molar refractivity (Wildman–Crippen MR) is 104 cm³/mol. The minimum atomic E-state index is -0.469. The standard InChI is InChI=1S/C18H20N4O4S/c1-3-4-7-22-17(25)20-21-18(22)27-10-12-8-16(24)26-15-9-13(19-11(2)23)5-6-14(12)15/h5-6,8-9H,3-4,7,10H2,1-2H3,(H,19,23)(H,20,25). The molecule has 0 aliphatic carbocycles. The van der Waals surface area contributed by atoms with Crippen LogP contribution in [0.15, 0.2) is 43.4 Å². The van der Waals surface area contributed by atoms with E-state index in [-0.39, 0.29) is 11.6 Å². The van der Waals surface area contributed by atoms with Crippen molar-refractivity contribution in [2.45, 2.75) is 44.1 Å². The summed E-state index contributed by atoms with van der Waals surface area (Å²) in [5.74, 6) is 0.254. The zero-order valence-corrected chi connectivity index (χ0v) is 15.9. The van der Waals surface area contributed by atoms with Gasteiger partial charge in [0.1, 0.15) is 5.58 Å². The van der Waals surface area contributed by atoms with Crippen LogP contribution in [0.25, 0.3) is 11.0 Å². The number of amides is 1. The summed E-state index contributed by atoms with van der Waals surface area (Å²) in [5.41, 5.74) is 1.03. The first kappa shape index (κ1) is 19.0. The Balaban J connectivity index is 1.88. The van der Waals surface area contributed by atoms with Gasteiger partial charge in [0.15, 0.2) is 5.16 Å². The van der Waals surface area contributed by atoms with Crippen LogP contribution in [-0.2, 0) is 17.1 Å². The molecule has 0 radical (unpaired) electrons. The smallest absolute Gasteiger partial charge is 0.343 e. The van der Waals surface area contributed by atoms with Gasteiger partial charge in [-0.25, -0.2) is 14.7 Å². The molecule has 1 aromatic carbocycles. The average Bonchev–Trinajstić information content (AvgIpc) is 2.96. The molecule has 2 heterocycles. The first-order chi connectivity index (χ1) is 13.0. The Labute approximate surface area is 159 Å². The lowest BCUT2D eigenvalue weighted by atomic mass is 10.1. The molecule has 0 atom stereocenters. The summed E-state index contributed by atoms with van der Waals surface area (Å²) >= 11 is 1.38. The van der Waals surface area contributed by atoms with Crippen molar-refractivity contribution in [3.8, 4) is 0 Å². The molecule has 27 heavy (non-hydrogen) atoms. The fraction of sp³-hybridized carbons (Fsp3) is 0.333. The van der Waals surface area contributed by atoms with Crippen molar-refractivity contribution in [2.24, 2.45) is 0 Å². The van der Waals surface area contributed by atoms with E-state index in [4.69, 9.17) is 4.42 Å². The molecule has 0 bridgehead atoms. The zero-order valence-electron chi connectivity index (χ0n) is 15.1. The molecule has 3 rings (SSSR count). The van der Waals surface area contributed by atoms with E-state index in [1.807, 2.05) is 0 Å². The Morgan fingerprint density at radius 3 is 2.89 bits per heavy atom. The Morgan fingerprint density at radius 2 is 2.15 bits per heavy atom. The van der Waals surface area contributed by atoms with Crippen LogP contribution in [-0.4, -0.2) is 20.7 Å². The van der Waals surface area contributed by atoms with Crippen molar-refractivity contribution in [2.75, 3.05) is 5.32 Å². The fourth-order valence-corrected chi connectivity index (χ4v) is 3.66. The highest BCUT2D eigenvalue weighted by atomic mass is 32.2. The summed E-state index contributed by atoms with van der Waals surface area (Å²) in [4.78, 5) is 35.0. The topological polar surface area (TPSA) is 110 Å². The molecule has 9 heteroatoms. The number of aromatic amines is 1. The molecule has 8 nitrogen and oxygen atoms in total. The van der Waals surface area contributed by atoms with Crippen LogP contribution in [0.1, 0.15) is 32.3 Å². The van der Waals surface area contributed by atoms with Gasteiger partial charge in [0, 0.05) is 42.4 Å². The zero-order chi connectivity index (χ0) is 19.4. The lowest BCUT2D eigenvalue weighted by Gasteiger charge is -2.08. The molecule has 0 saturated carbocycles. The molecule has 3 aromatic rings. The van der Waals surface area contributed by atoms with E-state index in [0.29, 0.717) is 28.7 Å². The Morgan fingerprint density at radius 1 is 1.33 bits per heavy atom. The maximum Gasteiger partial charge on any atom is 0.343 e. The number of aromatic nitrogens is 3. The largest absolute Gasteiger partial charge is 0.423 e. The molecule has 0 aliphatic heterocycles. The molecule has 0 fully saturated rings. The molecule has 0 saturated heterocycles. The number of unbranched alkanes of at least 4 members (excludes halogenated alkanes) is 1. The summed E-state index contributed by atoms with van der Waals surface area (Å²) in [7, 11) is 0. The quantitative estimate of drug-likeness (QED) is 0.476. The number of carbonyl (C=O) groups is 1. The molecule has 2 N–H and O–H groups in total. The van der Waals surface area contributed by atoms with Gasteiger partial charge in [-0.2, -0.15) is 0 Å². The molecule has 2 aromatic heterocycles. The summed E-state index contributed by atoms with van der Waals surface area (Å²) in [6.07, 6.45) is 1.86. The lowest BCUT2D eigenvalue weighted by Crippen LogP contribution is -2.17. The monoisotopic (exact) mass is 388 g/mol. The second-order valence-corrected chi connectivity index (χ2v) is 7.03. The predicted octanol–water partition coefficient (Wildman–Crippen LogP) is 2.73. The van der Waals surface area contributed by atoms with Crippen LogP contribution in [0.4, 0.5) is 5.69 Å². The molecular weight excluding hydrogens is 368 g/mol. The van der Waals surface area contributed by atoms with Gasteiger partial charge in [-0.05, 0) is 24.1 Å². The van der Waals surface area contributed by atoms with Gasteiger partial charge in [-0.15, -0.1) is 5.10 Å². The normalized spacial score (nSPS) is 11.0. The Hall–Kier alpha value is -2.81. The second kappa shape index (κ2) is 8.26. The minimum Gasteiger partial charge on any atom is -0.423 e. The van der Waals surface area contributed by atoms with Gasteiger partial charge < -0.3 is 9.73 Å². The number of nitrogens with one attached hydrogen (secondary N) is 2. The second-order valence-electron chi connectivity index (χ2n) is 6.09. The van der Waals surface area contributed by atoms with Crippen molar-refractivity contribution in [1.82, 2.24) is 14.8 Å². The SMILES string of the molecule is CCCCn1c(SCc2cc(=O)oc3cc(NC(C)=O)ccc23)n[nH]c1=O. The van der Waals surface area contributed by atoms with E-state index >= 15 is 0 Å². The molecule has 142 valence electrons. The highest BCUT2D eigenvalue weighted by molar-refractivity contribution is 7.98. The van der Waals surface area contributed by atoms with Crippen LogP contribution < -0.4 is 16.6 Å². The van der Waals surface area contributed by atoms with E-state index < -0.39 is 5.63 Å². The van der Waals surface area contributed by atoms with Gasteiger partial charge in [0.25, 0.3) is 0 Å². The van der Waals surface area contributed by atoms with Crippen LogP contribution in [0, 0.1) is 0 Å². The number of carbonyl (C=O) groups excluding carboxylic acids is 1.